The molecule has 0 saturated carbocycles. The first-order chi connectivity index (χ1) is 8.83. The molecule has 1 atom stereocenters. The fraction of sp³-hybridized carbons (Fsp3) is 0.500. The molecule has 0 heterocycles. The van der Waals surface area contributed by atoms with Crippen molar-refractivity contribution in [2.45, 2.75) is 39.0 Å². The topological polar surface area (TPSA) is 72.5 Å². The highest BCUT2D eigenvalue weighted by Crippen LogP contribution is 2.41. The molecule has 0 aromatic heterocycles. The normalized spacial score (nSPS) is 14.2. The van der Waals surface area contributed by atoms with Gasteiger partial charge in [0.1, 0.15) is 0 Å². The minimum atomic E-state index is -4.13. The third kappa shape index (κ3) is 6.15. The molecular weight excluding hydrogens is 308 g/mol. The number of hydrogen-bond donors (Lipinski definition) is 2. The van der Waals surface area contributed by atoms with Crippen LogP contribution in [0.1, 0.15) is 38.2 Å². The summed E-state index contributed by atoms with van der Waals surface area (Å²) in [5.41, 5.74) is 5.76. The molecule has 0 spiro atoms. The lowest BCUT2D eigenvalue weighted by Gasteiger charge is -2.13. The van der Waals surface area contributed by atoms with Crippen molar-refractivity contribution < 1.29 is 14.0 Å². The standard InChI is InChI=1S/C12H18Cl2NO3P/c1-2-3-4-5-6-9-7-10(13)8-11(12(9)14)18-19(15,16)17/h7-8H,2-6H2,1H3,(H3,15,16,17). The Bertz CT molecular complexity index is 476. The van der Waals surface area contributed by atoms with Gasteiger partial charge in [0.2, 0.25) is 0 Å². The summed E-state index contributed by atoms with van der Waals surface area (Å²) in [4.78, 5) is 9.03. The van der Waals surface area contributed by atoms with Gasteiger partial charge in [0, 0.05) is 11.1 Å². The predicted octanol–water partition coefficient (Wildman–Crippen LogP) is 4.55. The highest BCUT2D eigenvalue weighted by molar-refractivity contribution is 7.50. The number of aryl methyl sites for hydroxylation is 1. The van der Waals surface area contributed by atoms with Gasteiger partial charge in [-0.1, -0.05) is 49.4 Å². The zero-order valence-electron chi connectivity index (χ0n) is 10.7. The number of benzene rings is 1. The molecule has 0 aliphatic heterocycles. The van der Waals surface area contributed by atoms with Crippen LogP contribution in [0.25, 0.3) is 0 Å². The molecule has 19 heavy (non-hydrogen) atoms. The average Bonchev–Trinajstić information content (AvgIpc) is 2.28. The van der Waals surface area contributed by atoms with Crippen LogP contribution in [0.3, 0.4) is 0 Å². The monoisotopic (exact) mass is 325 g/mol. The van der Waals surface area contributed by atoms with Gasteiger partial charge in [-0.3, -0.25) is 0 Å². The molecule has 0 aliphatic carbocycles. The zero-order valence-corrected chi connectivity index (χ0v) is 13.1. The summed E-state index contributed by atoms with van der Waals surface area (Å²) in [6, 6.07) is 3.12. The van der Waals surface area contributed by atoms with Crippen LogP contribution < -0.4 is 10.0 Å². The molecular formula is C12H18Cl2NO3P. The van der Waals surface area contributed by atoms with Crippen LogP contribution in [0.5, 0.6) is 5.75 Å². The summed E-state index contributed by atoms with van der Waals surface area (Å²) in [5, 5.41) is 0.693. The van der Waals surface area contributed by atoms with Gasteiger partial charge in [0.15, 0.2) is 5.75 Å². The van der Waals surface area contributed by atoms with Crippen molar-refractivity contribution >= 4 is 30.9 Å². The largest absolute Gasteiger partial charge is 0.453 e. The van der Waals surface area contributed by atoms with Crippen LogP contribution in [0, 0.1) is 0 Å². The summed E-state index contributed by atoms with van der Waals surface area (Å²) in [7, 11) is -4.13. The first-order valence-corrected chi connectivity index (χ1v) is 8.52. The molecule has 1 aromatic carbocycles. The summed E-state index contributed by atoms with van der Waals surface area (Å²) in [6.07, 6.45) is 5.14. The van der Waals surface area contributed by atoms with E-state index in [0.29, 0.717) is 10.0 Å². The Morgan fingerprint density at radius 3 is 2.58 bits per heavy atom. The fourth-order valence-corrected chi connectivity index (χ4v) is 2.70. The molecule has 1 rings (SSSR count). The lowest BCUT2D eigenvalue weighted by Crippen LogP contribution is -2.02. The van der Waals surface area contributed by atoms with Crippen molar-refractivity contribution in [2.75, 3.05) is 0 Å². The Kier molecular flexibility index (Phi) is 6.64. The van der Waals surface area contributed by atoms with E-state index in [-0.39, 0.29) is 5.75 Å². The molecule has 1 aromatic rings. The van der Waals surface area contributed by atoms with Crippen molar-refractivity contribution in [3.05, 3.63) is 27.7 Å². The minimum absolute atomic E-state index is 0.0491. The second kappa shape index (κ2) is 7.51. The molecule has 0 radical (unpaired) electrons. The second-order valence-corrected chi connectivity index (χ2v) is 6.47. The molecule has 7 heteroatoms. The number of hydrogen-bond acceptors (Lipinski definition) is 2. The average molecular weight is 326 g/mol. The van der Waals surface area contributed by atoms with Gasteiger partial charge in [-0.2, -0.15) is 0 Å². The lowest BCUT2D eigenvalue weighted by atomic mass is 10.1. The Balaban J connectivity index is 2.84. The number of unbranched alkanes of at least 4 members (excludes halogenated alkanes) is 3. The van der Waals surface area contributed by atoms with Gasteiger partial charge in [0.05, 0.1) is 5.02 Å². The van der Waals surface area contributed by atoms with Crippen LogP contribution in [0.15, 0.2) is 12.1 Å². The maximum atomic E-state index is 11.1. The maximum absolute atomic E-state index is 11.1. The molecule has 0 saturated heterocycles. The molecule has 1 unspecified atom stereocenters. The molecule has 4 nitrogen and oxygen atoms in total. The summed E-state index contributed by atoms with van der Waals surface area (Å²) < 4.78 is 15.8. The minimum Gasteiger partial charge on any atom is -0.412 e. The van der Waals surface area contributed by atoms with E-state index < -0.39 is 7.75 Å². The summed E-state index contributed by atoms with van der Waals surface area (Å²) in [6.45, 7) is 2.14. The fourth-order valence-electron chi connectivity index (χ4n) is 1.75. The Morgan fingerprint density at radius 2 is 2.00 bits per heavy atom. The third-order valence-corrected chi connectivity index (χ3v) is 3.71. The van der Waals surface area contributed by atoms with E-state index in [1.807, 2.05) is 0 Å². The number of nitrogens with two attached hydrogens (primary N) is 1. The SMILES string of the molecule is CCCCCCc1cc(Cl)cc(OP(N)(=O)O)c1Cl. The van der Waals surface area contributed by atoms with Gasteiger partial charge in [0.25, 0.3) is 0 Å². The van der Waals surface area contributed by atoms with E-state index in [0.717, 1.165) is 37.7 Å². The van der Waals surface area contributed by atoms with Crippen molar-refractivity contribution in [3.63, 3.8) is 0 Å². The predicted molar refractivity (Wildman–Crippen MR) is 78.9 cm³/mol. The smallest absolute Gasteiger partial charge is 0.412 e. The quantitative estimate of drug-likeness (QED) is 0.569. The van der Waals surface area contributed by atoms with Crippen molar-refractivity contribution in [1.29, 1.82) is 0 Å². The first-order valence-electron chi connectivity index (χ1n) is 6.12. The van der Waals surface area contributed by atoms with Gasteiger partial charge >= 0.3 is 7.75 Å². The highest BCUT2D eigenvalue weighted by Gasteiger charge is 2.18. The van der Waals surface area contributed by atoms with Gasteiger partial charge in [-0.15, -0.1) is 0 Å². The number of rotatable bonds is 7. The van der Waals surface area contributed by atoms with Crippen LogP contribution in [-0.2, 0) is 11.0 Å². The van der Waals surface area contributed by atoms with Crippen LogP contribution in [0.4, 0.5) is 0 Å². The molecule has 0 amide bonds. The lowest BCUT2D eigenvalue weighted by molar-refractivity contribution is 0.381. The Labute approximate surface area is 123 Å². The maximum Gasteiger partial charge on any atom is 0.453 e. The molecule has 0 fully saturated rings. The van der Waals surface area contributed by atoms with Gasteiger partial charge in [-0.25, -0.2) is 10.1 Å². The Hall–Kier alpha value is -0.250. The molecule has 3 N–H and O–H groups in total. The van der Waals surface area contributed by atoms with Gasteiger partial charge in [-0.05, 0) is 24.5 Å². The number of halogens is 2. The van der Waals surface area contributed by atoms with Crippen LogP contribution >= 0.6 is 30.9 Å². The van der Waals surface area contributed by atoms with Crippen molar-refractivity contribution in [3.8, 4) is 5.75 Å². The molecule has 108 valence electrons. The second-order valence-electron chi connectivity index (χ2n) is 4.34. The Morgan fingerprint density at radius 1 is 1.32 bits per heavy atom. The van der Waals surface area contributed by atoms with Gasteiger partial charge < -0.3 is 9.42 Å². The molecule has 0 aliphatic rings. The summed E-state index contributed by atoms with van der Waals surface area (Å²) >= 11 is 12.1. The molecule has 0 bridgehead atoms. The zero-order chi connectivity index (χ0) is 14.5. The van der Waals surface area contributed by atoms with E-state index in [4.69, 9.17) is 38.1 Å². The van der Waals surface area contributed by atoms with E-state index in [9.17, 15) is 4.57 Å². The van der Waals surface area contributed by atoms with E-state index in [1.165, 1.54) is 6.07 Å². The van der Waals surface area contributed by atoms with E-state index in [2.05, 4.69) is 6.92 Å². The summed E-state index contributed by atoms with van der Waals surface area (Å²) in [5.74, 6) is 0.0491. The third-order valence-electron chi connectivity index (χ3n) is 2.61. The van der Waals surface area contributed by atoms with Crippen molar-refractivity contribution in [2.24, 2.45) is 5.50 Å². The van der Waals surface area contributed by atoms with E-state index >= 15 is 0 Å². The van der Waals surface area contributed by atoms with E-state index in [1.54, 1.807) is 6.07 Å². The van der Waals surface area contributed by atoms with Crippen molar-refractivity contribution in [1.82, 2.24) is 0 Å². The van der Waals surface area contributed by atoms with Crippen LogP contribution in [-0.4, -0.2) is 4.89 Å². The van der Waals surface area contributed by atoms with Crippen LogP contribution in [0.2, 0.25) is 10.0 Å². The first kappa shape index (κ1) is 16.8. The highest BCUT2D eigenvalue weighted by atomic mass is 35.5.